The van der Waals surface area contributed by atoms with Crippen LogP contribution < -0.4 is 24.8 Å². The van der Waals surface area contributed by atoms with E-state index in [-0.39, 0.29) is 50.7 Å². The Balaban J connectivity index is -0.0000000919. The second-order valence-corrected chi connectivity index (χ2v) is 3.93. The van der Waals surface area contributed by atoms with Gasteiger partial charge in [-0.05, 0) is 0 Å². The molecule has 0 N–H and O–H groups in total. The van der Waals surface area contributed by atoms with Gasteiger partial charge in [0.2, 0.25) is 0 Å². The maximum atomic E-state index is 3.00. The zero-order valence-electron chi connectivity index (χ0n) is 12.1. The second kappa shape index (κ2) is 15.9. The van der Waals surface area contributed by atoms with Crippen LogP contribution in [0.2, 0.25) is 0 Å². The number of rotatable bonds is 0. The summed E-state index contributed by atoms with van der Waals surface area (Å²) in [4.78, 5) is 0. The molecule has 0 radical (unpaired) electrons. The minimum absolute atomic E-state index is 0. The summed E-state index contributed by atoms with van der Waals surface area (Å²) < 4.78 is 0. The summed E-state index contributed by atoms with van der Waals surface area (Å²) in [7, 11) is 0. The van der Waals surface area contributed by atoms with Crippen molar-refractivity contribution in [3.8, 4) is 0 Å². The summed E-state index contributed by atoms with van der Waals surface area (Å²) in [6.07, 6.45) is 0. The third-order valence-corrected chi connectivity index (χ3v) is 2.13. The molecule has 0 aliphatic rings. The van der Waals surface area contributed by atoms with Crippen LogP contribution in [0.5, 0.6) is 0 Å². The van der Waals surface area contributed by atoms with Gasteiger partial charge >= 0.3 is 25.8 Å². The molecule has 2 aromatic rings. The third-order valence-electron chi connectivity index (χ3n) is 2.13. The Morgan fingerprint density at radius 1 is 0.737 bits per heavy atom. The summed E-state index contributed by atoms with van der Waals surface area (Å²) in [5.74, 6) is 0. The Hall–Kier alpha value is -0.110. The Morgan fingerprint density at radius 3 is 1.05 bits per heavy atom. The number of aryl methyl sites for hydroxylation is 4. The van der Waals surface area contributed by atoms with E-state index in [1.807, 2.05) is 0 Å². The average molecular weight is 464 g/mol. The molecule has 0 saturated heterocycles. The summed E-state index contributed by atoms with van der Waals surface area (Å²) in [6, 6.07) is 12.8. The molecule has 0 saturated carbocycles. The van der Waals surface area contributed by atoms with Gasteiger partial charge in [-0.15, -0.1) is 13.2 Å². The van der Waals surface area contributed by atoms with Crippen molar-refractivity contribution in [2.45, 2.75) is 27.7 Å². The molecule has 0 heterocycles. The topological polar surface area (TPSA) is 0 Å². The largest absolute Gasteiger partial charge is 4.00 e. The van der Waals surface area contributed by atoms with Crippen LogP contribution in [0.4, 0.5) is 0 Å². The van der Waals surface area contributed by atoms with Crippen molar-refractivity contribution in [1.82, 2.24) is 0 Å². The summed E-state index contributed by atoms with van der Waals surface area (Å²) in [5, 5.41) is 0. The second-order valence-electron chi connectivity index (χ2n) is 3.93. The first-order chi connectivity index (χ1) is 7.58. The standard InChI is InChI=1S/2C7H9.C2H4.2ClH.Hf/c2*1-6-3-4-7(2)5-6;1-2;;;/h2*3-5H,1-2H3;1-2H2;2*1H;/q2*-1;;;;+4/p-2. The van der Waals surface area contributed by atoms with Crippen molar-refractivity contribution in [2.24, 2.45) is 0 Å². The molecule has 0 unspecified atom stereocenters. The fraction of sp³-hybridized carbons (Fsp3) is 0.250. The summed E-state index contributed by atoms with van der Waals surface area (Å²) in [6.45, 7) is 14.4. The monoisotopic (exact) mass is 464 g/mol. The Kier molecular flexibility index (Phi) is 22.9. The van der Waals surface area contributed by atoms with Crippen LogP contribution in [0.3, 0.4) is 0 Å². The van der Waals surface area contributed by atoms with Gasteiger partial charge in [-0.3, -0.25) is 0 Å². The van der Waals surface area contributed by atoms with Gasteiger partial charge in [0.05, 0.1) is 0 Å². The molecular formula is C16H22Cl2Hf. The molecular weight excluding hydrogens is 442 g/mol. The van der Waals surface area contributed by atoms with Crippen LogP contribution in [-0.2, 0) is 25.8 Å². The molecule has 0 fully saturated rings. The van der Waals surface area contributed by atoms with E-state index >= 15 is 0 Å². The molecule has 104 valence electrons. The van der Waals surface area contributed by atoms with Gasteiger partial charge in [0.15, 0.2) is 0 Å². The SMILES string of the molecule is C=C.Cc1c[cH-]c(C)c1.Cc1c[cH-]c(C)c1.[Cl-].[Cl-].[Hf+4]. The molecule has 2 rings (SSSR count). The van der Waals surface area contributed by atoms with E-state index in [9.17, 15) is 0 Å². The molecule has 19 heavy (non-hydrogen) atoms. The van der Waals surface area contributed by atoms with Gasteiger partial charge in [0.1, 0.15) is 0 Å². The molecule has 0 aliphatic carbocycles. The maximum Gasteiger partial charge on any atom is 4.00 e. The summed E-state index contributed by atoms with van der Waals surface area (Å²) >= 11 is 0. The zero-order valence-corrected chi connectivity index (χ0v) is 17.2. The van der Waals surface area contributed by atoms with E-state index in [0.717, 1.165) is 0 Å². The number of hydrogen-bond acceptors (Lipinski definition) is 0. The van der Waals surface area contributed by atoms with Crippen molar-refractivity contribution in [2.75, 3.05) is 0 Å². The Bertz CT molecular complexity index is 331. The van der Waals surface area contributed by atoms with E-state index in [4.69, 9.17) is 0 Å². The van der Waals surface area contributed by atoms with Crippen LogP contribution in [0.15, 0.2) is 49.6 Å². The Labute approximate surface area is 149 Å². The van der Waals surface area contributed by atoms with Crippen molar-refractivity contribution in [3.05, 3.63) is 71.8 Å². The number of halogens is 2. The third kappa shape index (κ3) is 14.1. The van der Waals surface area contributed by atoms with E-state index in [0.29, 0.717) is 0 Å². The van der Waals surface area contributed by atoms with Gasteiger partial charge in [0, 0.05) is 0 Å². The first kappa shape index (κ1) is 27.3. The van der Waals surface area contributed by atoms with E-state index in [2.05, 4.69) is 77.3 Å². The van der Waals surface area contributed by atoms with E-state index in [1.165, 1.54) is 22.3 Å². The zero-order chi connectivity index (χ0) is 12.6. The predicted molar refractivity (Wildman–Crippen MR) is 74.3 cm³/mol. The first-order valence-electron chi connectivity index (χ1n) is 5.48. The maximum absolute atomic E-state index is 3.00. The van der Waals surface area contributed by atoms with Crippen LogP contribution in [0.25, 0.3) is 0 Å². The molecule has 2 aromatic carbocycles. The molecule has 0 atom stereocenters. The minimum atomic E-state index is 0. The molecule has 0 nitrogen and oxygen atoms in total. The summed E-state index contributed by atoms with van der Waals surface area (Å²) in [5.41, 5.74) is 5.44. The van der Waals surface area contributed by atoms with Crippen molar-refractivity contribution in [3.63, 3.8) is 0 Å². The molecule has 0 aromatic heterocycles. The Morgan fingerprint density at radius 2 is 1.00 bits per heavy atom. The van der Waals surface area contributed by atoms with E-state index < -0.39 is 0 Å². The molecule has 0 amide bonds. The van der Waals surface area contributed by atoms with Gasteiger partial charge in [0.25, 0.3) is 0 Å². The molecule has 0 spiro atoms. The van der Waals surface area contributed by atoms with Crippen LogP contribution in [0, 0.1) is 27.7 Å². The molecule has 3 heteroatoms. The first-order valence-corrected chi connectivity index (χ1v) is 5.48. The van der Waals surface area contributed by atoms with Crippen molar-refractivity contribution < 1.29 is 50.7 Å². The van der Waals surface area contributed by atoms with Gasteiger partial charge in [-0.1, -0.05) is 27.7 Å². The van der Waals surface area contributed by atoms with Crippen LogP contribution >= 0.6 is 0 Å². The predicted octanol–water partition coefficient (Wildman–Crippen LogP) is -1.15. The van der Waals surface area contributed by atoms with Crippen LogP contribution in [-0.4, -0.2) is 0 Å². The van der Waals surface area contributed by atoms with Gasteiger partial charge in [-0.2, -0.15) is 35.4 Å². The smallest absolute Gasteiger partial charge is 1.00 e. The van der Waals surface area contributed by atoms with Crippen LogP contribution in [0.1, 0.15) is 22.3 Å². The minimum Gasteiger partial charge on any atom is -1.00 e. The molecule has 0 bridgehead atoms. The van der Waals surface area contributed by atoms with Crippen molar-refractivity contribution in [1.29, 1.82) is 0 Å². The fourth-order valence-electron chi connectivity index (χ4n) is 1.44. The average Bonchev–Trinajstić information content (AvgIpc) is 2.80. The normalized spacial score (nSPS) is 7.16. The van der Waals surface area contributed by atoms with E-state index in [1.54, 1.807) is 0 Å². The van der Waals surface area contributed by atoms with Gasteiger partial charge < -0.3 is 24.8 Å². The number of hydrogen-bond donors (Lipinski definition) is 0. The van der Waals surface area contributed by atoms with Crippen molar-refractivity contribution >= 4 is 0 Å². The van der Waals surface area contributed by atoms with Gasteiger partial charge in [-0.25, -0.2) is 23.3 Å². The molecule has 0 aliphatic heterocycles. The quantitative estimate of drug-likeness (QED) is 0.263. The fourth-order valence-corrected chi connectivity index (χ4v) is 1.44.